The van der Waals surface area contributed by atoms with Crippen LogP contribution in [0.25, 0.3) is 0 Å². The van der Waals surface area contributed by atoms with Gasteiger partial charge in [0.1, 0.15) is 16.6 Å². The molecule has 0 radical (unpaired) electrons. The van der Waals surface area contributed by atoms with E-state index in [0.717, 1.165) is 21.7 Å². The maximum absolute atomic E-state index is 14.5. The van der Waals surface area contributed by atoms with E-state index in [-0.39, 0.29) is 22.1 Å². The van der Waals surface area contributed by atoms with Gasteiger partial charge in [-0.2, -0.15) is 0 Å². The number of aryl methyl sites for hydroxylation is 1. The summed E-state index contributed by atoms with van der Waals surface area (Å²) in [6, 6.07) is 12.9. The smallest absolute Gasteiger partial charge is 0.338 e. The molecule has 0 aliphatic heterocycles. The summed E-state index contributed by atoms with van der Waals surface area (Å²) in [4.78, 5) is 24.8. The van der Waals surface area contributed by atoms with Gasteiger partial charge < -0.3 is 10.1 Å². The predicted octanol–water partition coefficient (Wildman–Crippen LogP) is 4.21. The lowest BCUT2D eigenvalue weighted by Crippen LogP contribution is -2.38. The highest BCUT2D eigenvalue weighted by molar-refractivity contribution is 7.94. The normalized spacial score (nSPS) is 11.1. The quantitative estimate of drug-likeness (QED) is 0.492. The lowest BCUT2D eigenvalue weighted by molar-refractivity contribution is -0.114. The molecule has 0 spiro atoms. The molecule has 1 heterocycles. The molecule has 0 saturated carbocycles. The number of halogens is 1. The topological polar surface area (TPSA) is 92.8 Å². The van der Waals surface area contributed by atoms with Crippen LogP contribution in [0.1, 0.15) is 22.8 Å². The fourth-order valence-corrected chi connectivity index (χ4v) is 5.42. The Morgan fingerprint density at radius 2 is 1.88 bits per heavy atom. The zero-order chi connectivity index (χ0) is 23.3. The van der Waals surface area contributed by atoms with Crippen molar-refractivity contribution in [1.29, 1.82) is 0 Å². The molecule has 1 N–H and O–H groups in total. The average molecular weight is 477 g/mol. The van der Waals surface area contributed by atoms with Crippen molar-refractivity contribution in [1.82, 2.24) is 0 Å². The summed E-state index contributed by atoms with van der Waals surface area (Å²) < 4.78 is 46.5. The third kappa shape index (κ3) is 5.14. The molecule has 3 aromatic rings. The lowest BCUT2D eigenvalue weighted by atomic mass is 10.1. The number of carbonyl (C=O) groups excluding carboxylic acids is 2. The number of esters is 1. The lowest BCUT2D eigenvalue weighted by Gasteiger charge is -2.24. The summed E-state index contributed by atoms with van der Waals surface area (Å²) in [7, 11) is -4.18. The molecule has 7 nitrogen and oxygen atoms in total. The number of thiophene rings is 1. The van der Waals surface area contributed by atoms with Gasteiger partial charge in [0.05, 0.1) is 17.9 Å². The Labute approximate surface area is 189 Å². The second-order valence-electron chi connectivity index (χ2n) is 6.69. The van der Waals surface area contributed by atoms with Gasteiger partial charge in [-0.1, -0.05) is 24.3 Å². The van der Waals surface area contributed by atoms with Gasteiger partial charge in [0.15, 0.2) is 0 Å². The first-order valence-corrected chi connectivity index (χ1v) is 11.9. The molecule has 10 heteroatoms. The predicted molar refractivity (Wildman–Crippen MR) is 121 cm³/mol. The van der Waals surface area contributed by atoms with Crippen LogP contribution in [0.2, 0.25) is 0 Å². The van der Waals surface area contributed by atoms with E-state index in [0.29, 0.717) is 11.3 Å². The molecule has 0 fully saturated rings. The molecule has 1 amide bonds. The van der Waals surface area contributed by atoms with Crippen LogP contribution < -0.4 is 9.62 Å². The first-order chi connectivity index (χ1) is 15.2. The minimum absolute atomic E-state index is 0.0194. The molecule has 32 heavy (non-hydrogen) atoms. The van der Waals surface area contributed by atoms with Crippen LogP contribution in [0.15, 0.2) is 64.2 Å². The van der Waals surface area contributed by atoms with Gasteiger partial charge in [-0.05, 0) is 55.1 Å². The summed E-state index contributed by atoms with van der Waals surface area (Å²) in [6.07, 6.45) is 0. The standard InChI is InChI=1S/C22H21FN2O5S2/c1-3-30-22(27)16-11-10-15(2)18(13-16)24-20(26)14-25(19-8-5-4-7-17(19)23)32(28,29)21-9-6-12-31-21/h4-13H,3,14H2,1-2H3,(H,24,26). The first-order valence-electron chi connectivity index (χ1n) is 9.62. The second-order valence-corrected chi connectivity index (χ2v) is 9.73. The van der Waals surface area contributed by atoms with Crippen molar-refractivity contribution in [2.24, 2.45) is 0 Å². The van der Waals surface area contributed by atoms with Gasteiger partial charge in [-0.3, -0.25) is 9.10 Å². The van der Waals surface area contributed by atoms with Crippen LogP contribution in [0, 0.1) is 12.7 Å². The Morgan fingerprint density at radius 1 is 1.12 bits per heavy atom. The third-order valence-corrected chi connectivity index (χ3v) is 7.60. The van der Waals surface area contributed by atoms with Crippen LogP contribution in [0.5, 0.6) is 0 Å². The second kappa shape index (κ2) is 9.92. The van der Waals surface area contributed by atoms with Crippen LogP contribution in [-0.4, -0.2) is 33.4 Å². The fraction of sp³-hybridized carbons (Fsp3) is 0.182. The van der Waals surface area contributed by atoms with Crippen molar-refractivity contribution in [3.8, 4) is 0 Å². The van der Waals surface area contributed by atoms with E-state index in [1.165, 1.54) is 30.3 Å². The van der Waals surface area contributed by atoms with Gasteiger partial charge in [0, 0.05) is 5.69 Å². The zero-order valence-corrected chi connectivity index (χ0v) is 19.0. The number of nitrogens with one attached hydrogen (secondary N) is 1. The van der Waals surface area contributed by atoms with Crippen LogP contribution in [0.4, 0.5) is 15.8 Å². The number of amides is 1. The number of nitrogens with zero attached hydrogens (tertiary/aromatic N) is 1. The highest BCUT2D eigenvalue weighted by Crippen LogP contribution is 2.28. The van der Waals surface area contributed by atoms with Gasteiger partial charge in [0.2, 0.25) is 5.91 Å². The van der Waals surface area contributed by atoms with Gasteiger partial charge in [-0.25, -0.2) is 17.6 Å². The first kappa shape index (κ1) is 23.4. The van der Waals surface area contributed by atoms with Crippen molar-refractivity contribution in [2.75, 3.05) is 22.8 Å². The molecule has 0 saturated heterocycles. The minimum Gasteiger partial charge on any atom is -0.462 e. The molecular weight excluding hydrogens is 455 g/mol. The minimum atomic E-state index is -4.18. The van der Waals surface area contributed by atoms with E-state index in [2.05, 4.69) is 5.32 Å². The molecule has 1 aromatic heterocycles. The molecule has 2 aromatic carbocycles. The Bertz CT molecular complexity index is 1230. The molecule has 0 atom stereocenters. The Hall–Kier alpha value is -3.24. The number of rotatable bonds is 8. The van der Waals surface area contributed by atoms with Crippen molar-refractivity contribution >= 4 is 44.6 Å². The maximum Gasteiger partial charge on any atom is 0.338 e. The van der Waals surface area contributed by atoms with Crippen molar-refractivity contribution < 1.29 is 27.1 Å². The summed E-state index contributed by atoms with van der Waals surface area (Å²) in [5, 5.41) is 4.19. The van der Waals surface area contributed by atoms with Crippen LogP contribution in [-0.2, 0) is 19.6 Å². The number of hydrogen-bond acceptors (Lipinski definition) is 6. The third-order valence-electron chi connectivity index (χ3n) is 4.47. The molecule has 3 rings (SSSR count). The van der Waals surface area contributed by atoms with E-state index in [1.54, 1.807) is 37.4 Å². The molecule has 168 valence electrons. The largest absolute Gasteiger partial charge is 0.462 e. The number of carbonyl (C=O) groups is 2. The Morgan fingerprint density at radius 3 is 2.53 bits per heavy atom. The molecule has 0 bridgehead atoms. The van der Waals surface area contributed by atoms with Gasteiger partial charge in [-0.15, -0.1) is 11.3 Å². The average Bonchev–Trinajstić information content (AvgIpc) is 3.30. The maximum atomic E-state index is 14.5. The SMILES string of the molecule is CCOC(=O)c1ccc(C)c(NC(=O)CN(c2ccccc2F)S(=O)(=O)c2cccs2)c1. The van der Waals surface area contributed by atoms with Crippen LogP contribution >= 0.6 is 11.3 Å². The van der Waals surface area contributed by atoms with E-state index < -0.39 is 34.3 Å². The zero-order valence-electron chi connectivity index (χ0n) is 17.4. The highest BCUT2D eigenvalue weighted by atomic mass is 32.2. The number of ether oxygens (including phenoxy) is 1. The van der Waals surface area contributed by atoms with E-state index in [4.69, 9.17) is 4.74 Å². The molecule has 0 aliphatic carbocycles. The molecular formula is C22H21FN2O5S2. The van der Waals surface area contributed by atoms with Gasteiger partial charge in [0.25, 0.3) is 10.0 Å². The fourth-order valence-electron chi connectivity index (χ4n) is 2.89. The molecule has 0 unspecified atom stereocenters. The van der Waals surface area contributed by atoms with Crippen molar-refractivity contribution in [3.05, 3.63) is 76.9 Å². The number of anilines is 2. The van der Waals surface area contributed by atoms with E-state index in [1.807, 2.05) is 0 Å². The van der Waals surface area contributed by atoms with Crippen molar-refractivity contribution in [3.63, 3.8) is 0 Å². The summed E-state index contributed by atoms with van der Waals surface area (Å²) in [5.41, 5.74) is 0.977. The summed E-state index contributed by atoms with van der Waals surface area (Å²) in [6.45, 7) is 2.94. The number of sulfonamides is 1. The monoisotopic (exact) mass is 476 g/mol. The molecule has 0 aliphatic rings. The van der Waals surface area contributed by atoms with Gasteiger partial charge >= 0.3 is 5.97 Å². The summed E-state index contributed by atoms with van der Waals surface area (Å²) in [5.74, 6) is -2.02. The Balaban J connectivity index is 1.91. The van der Waals surface area contributed by atoms with Crippen LogP contribution in [0.3, 0.4) is 0 Å². The van der Waals surface area contributed by atoms with E-state index in [9.17, 15) is 22.4 Å². The number of benzene rings is 2. The summed E-state index contributed by atoms with van der Waals surface area (Å²) >= 11 is 0.967. The highest BCUT2D eigenvalue weighted by Gasteiger charge is 2.30. The Kier molecular flexibility index (Phi) is 7.26. The van der Waals surface area contributed by atoms with Crippen molar-refractivity contribution in [2.45, 2.75) is 18.1 Å². The number of hydrogen-bond donors (Lipinski definition) is 1. The number of para-hydroxylation sites is 1. The van der Waals surface area contributed by atoms with E-state index >= 15 is 0 Å².